The van der Waals surface area contributed by atoms with Crippen LogP contribution in [0.25, 0.3) is 0 Å². The maximum absolute atomic E-state index is 12.3. The van der Waals surface area contributed by atoms with Gasteiger partial charge in [0.2, 0.25) is 0 Å². The molecule has 2 heterocycles. The minimum atomic E-state index is 0.0709. The lowest BCUT2D eigenvalue weighted by Gasteiger charge is -2.34. The summed E-state index contributed by atoms with van der Waals surface area (Å²) in [4.78, 5) is 16.5. The van der Waals surface area contributed by atoms with Gasteiger partial charge in [0, 0.05) is 38.8 Å². The van der Waals surface area contributed by atoms with Gasteiger partial charge in [0.25, 0.3) is 0 Å². The quantitative estimate of drug-likeness (QED) is 0.842. The number of hydrogen-bond acceptors (Lipinski definition) is 4. The van der Waals surface area contributed by atoms with E-state index in [9.17, 15) is 4.79 Å². The highest BCUT2D eigenvalue weighted by Crippen LogP contribution is 2.19. The summed E-state index contributed by atoms with van der Waals surface area (Å²) in [5.74, 6) is 0.895. The van der Waals surface area contributed by atoms with Gasteiger partial charge in [-0.3, -0.25) is 4.90 Å². The third-order valence-electron chi connectivity index (χ3n) is 4.82. The van der Waals surface area contributed by atoms with E-state index in [-0.39, 0.29) is 6.03 Å². The van der Waals surface area contributed by atoms with Crippen molar-refractivity contribution in [2.45, 2.75) is 45.6 Å². The number of allylic oxidation sites excluding steroid dienone is 1. The van der Waals surface area contributed by atoms with Gasteiger partial charge in [-0.15, -0.1) is 0 Å². The molecule has 1 aromatic heterocycles. The van der Waals surface area contributed by atoms with Crippen LogP contribution in [0.2, 0.25) is 0 Å². The van der Waals surface area contributed by atoms with Crippen molar-refractivity contribution in [1.29, 1.82) is 0 Å². The summed E-state index contributed by atoms with van der Waals surface area (Å²) in [6, 6.07) is 2.04. The van der Waals surface area contributed by atoms with Crippen LogP contribution in [-0.2, 0) is 6.54 Å². The van der Waals surface area contributed by atoms with E-state index in [0.29, 0.717) is 0 Å². The summed E-state index contributed by atoms with van der Waals surface area (Å²) >= 11 is 0. The van der Waals surface area contributed by atoms with Crippen LogP contribution >= 0.6 is 0 Å². The van der Waals surface area contributed by atoms with Crippen molar-refractivity contribution in [1.82, 2.24) is 20.3 Å². The maximum atomic E-state index is 12.3. The molecule has 0 atom stereocenters. The Hall–Kier alpha value is -1.82. The number of rotatable bonds is 5. The zero-order chi connectivity index (χ0) is 16.8. The van der Waals surface area contributed by atoms with Crippen LogP contribution < -0.4 is 5.32 Å². The van der Waals surface area contributed by atoms with Gasteiger partial charge in [-0.2, -0.15) is 0 Å². The van der Waals surface area contributed by atoms with Crippen LogP contribution in [0.5, 0.6) is 0 Å². The first-order valence-electron chi connectivity index (χ1n) is 9.06. The molecule has 24 heavy (non-hydrogen) atoms. The van der Waals surface area contributed by atoms with Crippen LogP contribution in [0.4, 0.5) is 4.79 Å². The standard InChI is InChI=1S/C18H28N4O2/c1-15-13-17(24-20-15)14-21-9-11-22(12-10-21)18(23)19-8-7-16-5-3-2-4-6-16/h5,13H,2-4,6-12,14H2,1H3,(H,19,23). The molecule has 1 aliphatic carbocycles. The number of hydrogen-bond donors (Lipinski definition) is 1. The monoisotopic (exact) mass is 332 g/mol. The molecule has 0 unspecified atom stereocenters. The second-order valence-corrected chi connectivity index (χ2v) is 6.79. The number of amides is 2. The van der Waals surface area contributed by atoms with E-state index in [2.05, 4.69) is 21.4 Å². The molecule has 0 spiro atoms. The molecule has 1 aromatic rings. The minimum absolute atomic E-state index is 0.0709. The van der Waals surface area contributed by atoms with E-state index < -0.39 is 0 Å². The average Bonchev–Trinajstić information content (AvgIpc) is 3.01. The van der Waals surface area contributed by atoms with E-state index in [1.165, 1.54) is 31.3 Å². The van der Waals surface area contributed by atoms with Crippen molar-refractivity contribution in [2.75, 3.05) is 32.7 Å². The maximum Gasteiger partial charge on any atom is 0.317 e. The van der Waals surface area contributed by atoms with E-state index in [1.54, 1.807) is 0 Å². The molecule has 1 fully saturated rings. The molecular weight excluding hydrogens is 304 g/mol. The Kier molecular flexibility index (Phi) is 5.91. The first-order valence-corrected chi connectivity index (χ1v) is 9.06. The molecule has 3 rings (SSSR count). The fourth-order valence-corrected chi connectivity index (χ4v) is 3.39. The Morgan fingerprint density at radius 1 is 1.29 bits per heavy atom. The summed E-state index contributed by atoms with van der Waals surface area (Å²) in [6.07, 6.45) is 8.36. The SMILES string of the molecule is Cc1cc(CN2CCN(C(=O)NCCC3=CCCCC3)CC2)on1. The molecule has 2 amide bonds. The van der Waals surface area contributed by atoms with Crippen LogP contribution in [0.3, 0.4) is 0 Å². The van der Waals surface area contributed by atoms with Crippen molar-refractivity contribution >= 4 is 6.03 Å². The summed E-state index contributed by atoms with van der Waals surface area (Å²) < 4.78 is 5.26. The Bertz CT molecular complexity index is 573. The Morgan fingerprint density at radius 2 is 2.12 bits per heavy atom. The van der Waals surface area contributed by atoms with Gasteiger partial charge >= 0.3 is 6.03 Å². The normalized spacial score (nSPS) is 19.2. The molecule has 0 bridgehead atoms. The molecule has 0 saturated carbocycles. The van der Waals surface area contributed by atoms with Gasteiger partial charge in [-0.25, -0.2) is 4.79 Å². The topological polar surface area (TPSA) is 61.6 Å². The summed E-state index contributed by atoms with van der Waals surface area (Å²) in [6.45, 7) is 6.73. The third-order valence-corrected chi connectivity index (χ3v) is 4.82. The zero-order valence-electron chi connectivity index (χ0n) is 14.6. The number of aryl methyl sites for hydroxylation is 1. The van der Waals surface area contributed by atoms with E-state index in [4.69, 9.17) is 4.52 Å². The smallest absolute Gasteiger partial charge is 0.317 e. The second kappa shape index (κ2) is 8.33. The van der Waals surface area contributed by atoms with E-state index in [0.717, 1.165) is 57.1 Å². The average molecular weight is 332 g/mol. The molecule has 0 radical (unpaired) electrons. The predicted molar refractivity (Wildman–Crippen MR) is 92.7 cm³/mol. The summed E-state index contributed by atoms with van der Waals surface area (Å²) in [5.41, 5.74) is 2.42. The van der Waals surface area contributed by atoms with Crippen molar-refractivity contribution in [2.24, 2.45) is 0 Å². The molecule has 0 aromatic carbocycles. The Labute approximate surface area is 143 Å². The van der Waals surface area contributed by atoms with Crippen LogP contribution in [0.1, 0.15) is 43.6 Å². The molecule has 1 saturated heterocycles. The summed E-state index contributed by atoms with van der Waals surface area (Å²) in [5, 5.41) is 6.98. The van der Waals surface area contributed by atoms with Gasteiger partial charge in [-0.1, -0.05) is 16.8 Å². The predicted octanol–water partition coefficient (Wildman–Crippen LogP) is 2.70. The number of nitrogens with one attached hydrogen (secondary N) is 1. The van der Waals surface area contributed by atoms with Crippen molar-refractivity contribution in [3.8, 4) is 0 Å². The van der Waals surface area contributed by atoms with Crippen molar-refractivity contribution in [3.63, 3.8) is 0 Å². The minimum Gasteiger partial charge on any atom is -0.360 e. The number of nitrogens with zero attached hydrogens (tertiary/aromatic N) is 3. The number of carbonyl (C=O) groups excluding carboxylic acids is 1. The number of urea groups is 1. The molecular formula is C18H28N4O2. The fourth-order valence-electron chi connectivity index (χ4n) is 3.39. The largest absolute Gasteiger partial charge is 0.360 e. The van der Waals surface area contributed by atoms with Gasteiger partial charge < -0.3 is 14.7 Å². The first-order chi connectivity index (χ1) is 11.7. The molecule has 132 valence electrons. The lowest BCUT2D eigenvalue weighted by atomic mass is 9.97. The molecule has 6 nitrogen and oxygen atoms in total. The highest BCUT2D eigenvalue weighted by molar-refractivity contribution is 5.74. The zero-order valence-corrected chi connectivity index (χ0v) is 14.6. The van der Waals surface area contributed by atoms with Crippen LogP contribution in [0.15, 0.2) is 22.2 Å². The van der Waals surface area contributed by atoms with Gasteiger partial charge in [-0.05, 0) is 39.0 Å². The van der Waals surface area contributed by atoms with E-state index in [1.807, 2.05) is 17.9 Å². The van der Waals surface area contributed by atoms with E-state index >= 15 is 0 Å². The summed E-state index contributed by atoms with van der Waals surface area (Å²) in [7, 11) is 0. The van der Waals surface area contributed by atoms with Crippen LogP contribution in [0, 0.1) is 6.92 Å². The van der Waals surface area contributed by atoms with Crippen LogP contribution in [-0.4, -0.2) is 53.7 Å². The Balaban J connectivity index is 1.34. The molecule has 6 heteroatoms. The molecule has 2 aliphatic rings. The number of carbonyl (C=O) groups is 1. The van der Waals surface area contributed by atoms with Gasteiger partial charge in [0.1, 0.15) is 0 Å². The van der Waals surface area contributed by atoms with Gasteiger partial charge in [0.15, 0.2) is 5.76 Å². The molecule has 1 aliphatic heterocycles. The second-order valence-electron chi connectivity index (χ2n) is 6.79. The lowest BCUT2D eigenvalue weighted by molar-refractivity contribution is 0.128. The lowest BCUT2D eigenvalue weighted by Crippen LogP contribution is -2.51. The van der Waals surface area contributed by atoms with Crippen molar-refractivity contribution < 1.29 is 9.32 Å². The fraction of sp³-hybridized carbons (Fsp3) is 0.667. The Morgan fingerprint density at radius 3 is 2.79 bits per heavy atom. The third kappa shape index (κ3) is 4.84. The van der Waals surface area contributed by atoms with Crippen molar-refractivity contribution in [3.05, 3.63) is 29.2 Å². The first kappa shape index (κ1) is 17.0. The highest BCUT2D eigenvalue weighted by atomic mass is 16.5. The number of piperazine rings is 1. The van der Waals surface area contributed by atoms with Gasteiger partial charge in [0.05, 0.1) is 12.2 Å². The highest BCUT2D eigenvalue weighted by Gasteiger charge is 2.21. The molecule has 1 N–H and O–H groups in total. The number of aromatic nitrogens is 1.